The van der Waals surface area contributed by atoms with Gasteiger partial charge in [-0.05, 0) is 31.3 Å². The highest BCUT2D eigenvalue weighted by molar-refractivity contribution is 6.34. The minimum absolute atomic E-state index is 0.223. The highest BCUT2D eigenvalue weighted by Gasteiger charge is 2.14. The SMILES string of the molecule is CCN(CC)CCNC(=O)NC(=O)c1ccc(OC)cc1Cl. The van der Waals surface area contributed by atoms with Gasteiger partial charge in [0, 0.05) is 13.1 Å². The van der Waals surface area contributed by atoms with E-state index < -0.39 is 11.9 Å². The van der Waals surface area contributed by atoms with Gasteiger partial charge >= 0.3 is 6.03 Å². The van der Waals surface area contributed by atoms with Crippen LogP contribution in [0.25, 0.3) is 0 Å². The molecule has 3 amide bonds. The maximum Gasteiger partial charge on any atom is 0.321 e. The molecule has 1 aromatic carbocycles. The minimum Gasteiger partial charge on any atom is -0.497 e. The molecule has 0 spiro atoms. The first-order valence-electron chi connectivity index (χ1n) is 7.16. The zero-order valence-electron chi connectivity index (χ0n) is 13.1. The lowest BCUT2D eigenvalue weighted by molar-refractivity contribution is 0.0964. The van der Waals surface area contributed by atoms with Crippen LogP contribution in [0.5, 0.6) is 5.75 Å². The Hall–Kier alpha value is -1.79. The van der Waals surface area contributed by atoms with Gasteiger partial charge in [0.2, 0.25) is 0 Å². The predicted molar refractivity (Wildman–Crippen MR) is 86.7 cm³/mol. The summed E-state index contributed by atoms with van der Waals surface area (Å²) in [5.74, 6) is -0.00165. The smallest absolute Gasteiger partial charge is 0.321 e. The number of carbonyl (C=O) groups is 2. The molecule has 0 bridgehead atoms. The standard InChI is InChI=1S/C15H22ClN3O3/c1-4-19(5-2)9-8-17-15(21)18-14(20)12-7-6-11(22-3)10-13(12)16/h6-7,10H,4-5,8-9H2,1-3H3,(H2,17,18,20,21). The number of urea groups is 1. The molecule has 0 saturated carbocycles. The number of likely N-dealkylation sites (N-methyl/N-ethyl adjacent to an activating group) is 1. The minimum atomic E-state index is -0.548. The summed E-state index contributed by atoms with van der Waals surface area (Å²) in [7, 11) is 1.51. The first-order valence-corrected chi connectivity index (χ1v) is 7.54. The second-order valence-corrected chi connectivity index (χ2v) is 4.99. The first kappa shape index (κ1) is 18.3. The Morgan fingerprint density at radius 2 is 1.95 bits per heavy atom. The fourth-order valence-electron chi connectivity index (χ4n) is 1.89. The number of hydrogen-bond donors (Lipinski definition) is 2. The number of imide groups is 1. The number of hydrogen-bond acceptors (Lipinski definition) is 4. The van der Waals surface area contributed by atoms with Gasteiger partial charge in [-0.15, -0.1) is 0 Å². The molecule has 0 saturated heterocycles. The van der Waals surface area contributed by atoms with Crippen LogP contribution in [-0.2, 0) is 0 Å². The van der Waals surface area contributed by atoms with Crippen LogP contribution < -0.4 is 15.4 Å². The van der Waals surface area contributed by atoms with Gasteiger partial charge in [-0.3, -0.25) is 10.1 Å². The van der Waals surface area contributed by atoms with Crippen molar-refractivity contribution in [3.63, 3.8) is 0 Å². The van der Waals surface area contributed by atoms with E-state index in [1.165, 1.54) is 19.2 Å². The molecule has 0 fully saturated rings. The van der Waals surface area contributed by atoms with Crippen molar-refractivity contribution < 1.29 is 14.3 Å². The Labute approximate surface area is 135 Å². The Bertz CT molecular complexity index is 519. The van der Waals surface area contributed by atoms with E-state index in [0.717, 1.165) is 19.6 Å². The summed E-state index contributed by atoms with van der Waals surface area (Å²) in [5, 5.41) is 5.13. The van der Waals surface area contributed by atoms with Crippen molar-refractivity contribution in [2.45, 2.75) is 13.8 Å². The number of methoxy groups -OCH3 is 1. The molecule has 0 aliphatic carbocycles. The summed E-state index contributed by atoms with van der Waals surface area (Å²) < 4.78 is 5.01. The molecule has 22 heavy (non-hydrogen) atoms. The number of nitrogens with zero attached hydrogens (tertiary/aromatic N) is 1. The van der Waals surface area contributed by atoms with Crippen LogP contribution in [0.2, 0.25) is 5.02 Å². The van der Waals surface area contributed by atoms with Crippen molar-refractivity contribution in [1.29, 1.82) is 0 Å². The Balaban J connectivity index is 2.49. The molecule has 6 nitrogen and oxygen atoms in total. The lowest BCUT2D eigenvalue weighted by Gasteiger charge is -2.18. The quantitative estimate of drug-likeness (QED) is 0.805. The van der Waals surface area contributed by atoms with E-state index in [4.69, 9.17) is 16.3 Å². The molecule has 2 N–H and O–H groups in total. The van der Waals surface area contributed by atoms with Gasteiger partial charge in [-0.2, -0.15) is 0 Å². The molecule has 0 unspecified atom stereocenters. The van der Waals surface area contributed by atoms with E-state index in [1.807, 2.05) is 0 Å². The number of benzene rings is 1. The molecule has 0 aliphatic rings. The van der Waals surface area contributed by atoms with Crippen molar-refractivity contribution in [2.24, 2.45) is 0 Å². The van der Waals surface area contributed by atoms with Crippen LogP contribution in [0.4, 0.5) is 4.79 Å². The Morgan fingerprint density at radius 1 is 1.27 bits per heavy atom. The number of amides is 3. The van der Waals surface area contributed by atoms with Crippen molar-refractivity contribution >= 4 is 23.5 Å². The average Bonchev–Trinajstić information content (AvgIpc) is 2.51. The van der Waals surface area contributed by atoms with E-state index in [2.05, 4.69) is 29.4 Å². The highest BCUT2D eigenvalue weighted by Crippen LogP contribution is 2.22. The zero-order chi connectivity index (χ0) is 16.5. The maximum absolute atomic E-state index is 12.0. The zero-order valence-corrected chi connectivity index (χ0v) is 13.9. The van der Waals surface area contributed by atoms with Gasteiger partial charge in [0.05, 0.1) is 17.7 Å². The van der Waals surface area contributed by atoms with E-state index in [-0.39, 0.29) is 10.6 Å². The molecule has 0 heterocycles. The maximum atomic E-state index is 12.0. The predicted octanol–water partition coefficient (Wildman–Crippen LogP) is 2.13. The Kier molecular flexibility index (Phi) is 7.70. The van der Waals surface area contributed by atoms with Crippen molar-refractivity contribution in [3.8, 4) is 5.75 Å². The first-order chi connectivity index (χ1) is 10.5. The van der Waals surface area contributed by atoms with Crippen LogP contribution in [0.15, 0.2) is 18.2 Å². The summed E-state index contributed by atoms with van der Waals surface area (Å²) in [4.78, 5) is 25.8. The van der Waals surface area contributed by atoms with Gasteiger partial charge in [-0.1, -0.05) is 25.4 Å². The highest BCUT2D eigenvalue weighted by atomic mass is 35.5. The van der Waals surface area contributed by atoms with Gasteiger partial charge in [0.15, 0.2) is 0 Å². The van der Waals surface area contributed by atoms with Gasteiger partial charge in [-0.25, -0.2) is 4.79 Å². The van der Waals surface area contributed by atoms with E-state index >= 15 is 0 Å². The summed E-state index contributed by atoms with van der Waals surface area (Å²) in [6, 6.07) is 4.11. The largest absolute Gasteiger partial charge is 0.497 e. The second-order valence-electron chi connectivity index (χ2n) is 4.58. The molecular formula is C15H22ClN3O3. The number of rotatable bonds is 7. The normalized spacial score (nSPS) is 10.4. The molecule has 1 rings (SSSR count). The van der Waals surface area contributed by atoms with Crippen LogP contribution in [0, 0.1) is 0 Å². The van der Waals surface area contributed by atoms with E-state index in [0.29, 0.717) is 12.3 Å². The number of halogens is 1. The summed E-state index contributed by atoms with van der Waals surface area (Å²) in [6.45, 7) is 7.15. The Morgan fingerprint density at radius 3 is 2.50 bits per heavy atom. The van der Waals surface area contributed by atoms with Crippen molar-refractivity contribution in [3.05, 3.63) is 28.8 Å². The topological polar surface area (TPSA) is 70.7 Å². The van der Waals surface area contributed by atoms with Crippen molar-refractivity contribution in [1.82, 2.24) is 15.5 Å². The van der Waals surface area contributed by atoms with Gasteiger partial charge in [0.1, 0.15) is 5.75 Å². The third-order valence-corrected chi connectivity index (χ3v) is 3.57. The molecular weight excluding hydrogens is 306 g/mol. The van der Waals surface area contributed by atoms with Crippen LogP contribution in [0.3, 0.4) is 0 Å². The molecule has 0 atom stereocenters. The fraction of sp³-hybridized carbons (Fsp3) is 0.467. The third kappa shape index (κ3) is 5.54. The summed E-state index contributed by atoms with van der Waals surface area (Å²) in [6.07, 6.45) is 0. The lowest BCUT2D eigenvalue weighted by Crippen LogP contribution is -2.42. The second kappa shape index (κ2) is 9.27. The molecule has 1 aromatic rings. The van der Waals surface area contributed by atoms with Gasteiger partial charge < -0.3 is 15.0 Å². The molecule has 0 aliphatic heterocycles. The van der Waals surface area contributed by atoms with E-state index in [1.54, 1.807) is 6.07 Å². The van der Waals surface area contributed by atoms with Crippen LogP contribution >= 0.6 is 11.6 Å². The molecule has 7 heteroatoms. The number of ether oxygens (including phenoxy) is 1. The number of carbonyl (C=O) groups excluding carboxylic acids is 2. The van der Waals surface area contributed by atoms with Crippen LogP contribution in [0.1, 0.15) is 24.2 Å². The molecule has 0 aromatic heterocycles. The van der Waals surface area contributed by atoms with Crippen LogP contribution in [-0.4, -0.2) is 50.1 Å². The average molecular weight is 328 g/mol. The monoisotopic (exact) mass is 327 g/mol. The van der Waals surface area contributed by atoms with Crippen molar-refractivity contribution in [2.75, 3.05) is 33.3 Å². The molecule has 122 valence electrons. The summed E-state index contributed by atoms with van der Waals surface area (Å²) >= 11 is 5.99. The van der Waals surface area contributed by atoms with Gasteiger partial charge in [0.25, 0.3) is 5.91 Å². The molecule has 0 radical (unpaired) electrons. The number of nitrogens with one attached hydrogen (secondary N) is 2. The van der Waals surface area contributed by atoms with E-state index in [9.17, 15) is 9.59 Å². The lowest BCUT2D eigenvalue weighted by atomic mass is 10.2. The summed E-state index contributed by atoms with van der Waals surface area (Å²) in [5.41, 5.74) is 0.223. The fourth-order valence-corrected chi connectivity index (χ4v) is 2.15. The third-order valence-electron chi connectivity index (χ3n) is 3.26.